The topological polar surface area (TPSA) is 58.4 Å². The third-order valence-corrected chi connectivity index (χ3v) is 4.15. The number of hydrogen-bond donors (Lipinski definition) is 2. The first kappa shape index (κ1) is 15.0. The molecule has 0 bridgehead atoms. The monoisotopic (exact) mass is 275 g/mol. The molecule has 1 unspecified atom stereocenters. The summed E-state index contributed by atoms with van der Waals surface area (Å²) in [5.41, 5.74) is 6.23. The Morgan fingerprint density at radius 3 is 2.70 bits per heavy atom. The summed E-state index contributed by atoms with van der Waals surface area (Å²) in [4.78, 5) is 14.7. The van der Waals surface area contributed by atoms with E-state index < -0.39 is 5.54 Å². The molecule has 20 heavy (non-hydrogen) atoms. The minimum absolute atomic E-state index is 0.229. The summed E-state index contributed by atoms with van der Waals surface area (Å²) in [6.07, 6.45) is 2.75. The minimum Gasteiger partial charge on any atom is -0.368 e. The molecule has 1 atom stereocenters. The van der Waals surface area contributed by atoms with E-state index in [9.17, 15) is 4.79 Å². The third kappa shape index (κ3) is 2.86. The van der Waals surface area contributed by atoms with Crippen molar-refractivity contribution >= 4 is 5.91 Å². The largest absolute Gasteiger partial charge is 0.368 e. The smallest absolute Gasteiger partial charge is 0.242 e. The lowest BCUT2D eigenvalue weighted by Crippen LogP contribution is -2.56. The molecule has 1 aliphatic heterocycles. The first-order chi connectivity index (χ1) is 9.71. The molecule has 110 valence electrons. The Hall–Kier alpha value is -1.39. The fourth-order valence-corrected chi connectivity index (χ4v) is 3.21. The normalized spacial score (nSPS) is 20.1. The highest BCUT2D eigenvalue weighted by Gasteiger charge is 2.43. The molecule has 3 N–H and O–H groups in total. The Kier molecular flexibility index (Phi) is 5.15. The van der Waals surface area contributed by atoms with Crippen LogP contribution in [0.25, 0.3) is 0 Å². The average Bonchev–Trinajstić information content (AvgIpc) is 2.74. The quantitative estimate of drug-likeness (QED) is 0.855. The van der Waals surface area contributed by atoms with E-state index in [-0.39, 0.29) is 5.91 Å². The molecule has 1 aromatic carbocycles. The number of primary amides is 1. The van der Waals surface area contributed by atoms with Gasteiger partial charge in [0.2, 0.25) is 5.91 Å². The summed E-state index contributed by atoms with van der Waals surface area (Å²) >= 11 is 0. The second kappa shape index (κ2) is 6.86. The lowest BCUT2D eigenvalue weighted by Gasteiger charge is -2.41. The maximum atomic E-state index is 12.4. The molecule has 0 radical (unpaired) electrons. The van der Waals surface area contributed by atoms with Crippen LogP contribution in [-0.2, 0) is 10.3 Å². The average molecular weight is 275 g/mol. The van der Waals surface area contributed by atoms with Gasteiger partial charge in [-0.2, -0.15) is 0 Å². The Balaban J connectivity index is 2.43. The van der Waals surface area contributed by atoms with Crippen molar-refractivity contribution in [2.75, 3.05) is 26.2 Å². The minimum atomic E-state index is -0.665. The first-order valence-corrected chi connectivity index (χ1v) is 7.53. The molecular weight excluding hydrogens is 250 g/mol. The third-order valence-electron chi connectivity index (χ3n) is 4.15. The van der Waals surface area contributed by atoms with E-state index in [1.54, 1.807) is 0 Å². The summed E-state index contributed by atoms with van der Waals surface area (Å²) in [5, 5.41) is 3.39. The van der Waals surface area contributed by atoms with Crippen LogP contribution in [0.4, 0.5) is 0 Å². The SMILES string of the molecule is CCCC(C(N)=O)(c1ccccc1)N1CCCNCC1. The van der Waals surface area contributed by atoms with E-state index in [2.05, 4.69) is 17.1 Å². The van der Waals surface area contributed by atoms with Crippen LogP contribution in [0.5, 0.6) is 0 Å². The molecule has 4 heteroatoms. The van der Waals surface area contributed by atoms with E-state index in [0.29, 0.717) is 0 Å². The molecular formula is C16H25N3O. The van der Waals surface area contributed by atoms with Gasteiger partial charge in [-0.3, -0.25) is 9.69 Å². The van der Waals surface area contributed by atoms with Crippen molar-refractivity contribution in [3.8, 4) is 0 Å². The van der Waals surface area contributed by atoms with E-state index in [0.717, 1.165) is 51.0 Å². The predicted octanol–water partition coefficient (Wildman–Crippen LogP) is 1.46. The van der Waals surface area contributed by atoms with Crippen LogP contribution in [0, 0.1) is 0 Å². The van der Waals surface area contributed by atoms with Crippen molar-refractivity contribution in [1.29, 1.82) is 0 Å². The molecule has 2 rings (SSSR count). The number of amides is 1. The second-order valence-electron chi connectivity index (χ2n) is 5.43. The van der Waals surface area contributed by atoms with Gasteiger partial charge in [-0.05, 0) is 24.9 Å². The standard InChI is InChI=1S/C16H25N3O/c1-2-9-16(15(17)20,14-7-4-3-5-8-14)19-12-6-10-18-11-13-19/h3-5,7-8,18H,2,6,9-13H2,1H3,(H2,17,20). The van der Waals surface area contributed by atoms with Crippen LogP contribution in [0.3, 0.4) is 0 Å². The first-order valence-electron chi connectivity index (χ1n) is 7.53. The van der Waals surface area contributed by atoms with Crippen molar-refractivity contribution in [2.24, 2.45) is 5.73 Å². The zero-order valence-corrected chi connectivity index (χ0v) is 12.3. The second-order valence-corrected chi connectivity index (χ2v) is 5.43. The molecule has 1 saturated heterocycles. The van der Waals surface area contributed by atoms with Gasteiger partial charge in [-0.25, -0.2) is 0 Å². The van der Waals surface area contributed by atoms with Crippen LogP contribution in [0.15, 0.2) is 30.3 Å². The number of nitrogens with zero attached hydrogens (tertiary/aromatic N) is 1. The molecule has 0 saturated carbocycles. The summed E-state index contributed by atoms with van der Waals surface area (Å²) in [6, 6.07) is 10.0. The lowest BCUT2D eigenvalue weighted by molar-refractivity contribution is -0.131. The van der Waals surface area contributed by atoms with Gasteiger partial charge in [0.1, 0.15) is 5.54 Å². The molecule has 1 aliphatic rings. The molecule has 1 fully saturated rings. The number of benzene rings is 1. The summed E-state index contributed by atoms with van der Waals surface area (Å²) in [6.45, 7) is 5.79. The molecule has 4 nitrogen and oxygen atoms in total. The molecule has 1 amide bonds. The Morgan fingerprint density at radius 1 is 1.30 bits per heavy atom. The maximum absolute atomic E-state index is 12.4. The highest BCUT2D eigenvalue weighted by molar-refractivity contribution is 5.86. The number of nitrogens with one attached hydrogen (secondary N) is 1. The Bertz CT molecular complexity index is 427. The zero-order valence-electron chi connectivity index (χ0n) is 12.3. The van der Waals surface area contributed by atoms with Crippen LogP contribution in [0.1, 0.15) is 31.7 Å². The highest BCUT2D eigenvalue weighted by Crippen LogP contribution is 2.33. The van der Waals surface area contributed by atoms with E-state index >= 15 is 0 Å². The van der Waals surface area contributed by atoms with E-state index in [1.165, 1.54) is 0 Å². The van der Waals surface area contributed by atoms with Gasteiger partial charge >= 0.3 is 0 Å². The van der Waals surface area contributed by atoms with Gasteiger partial charge < -0.3 is 11.1 Å². The Morgan fingerprint density at radius 2 is 2.05 bits per heavy atom. The van der Waals surface area contributed by atoms with Crippen LogP contribution >= 0.6 is 0 Å². The number of rotatable bonds is 5. The van der Waals surface area contributed by atoms with Gasteiger partial charge in [0.25, 0.3) is 0 Å². The molecule has 0 spiro atoms. The van der Waals surface area contributed by atoms with Gasteiger partial charge in [0.05, 0.1) is 0 Å². The van der Waals surface area contributed by atoms with Crippen molar-refractivity contribution in [2.45, 2.75) is 31.7 Å². The van der Waals surface area contributed by atoms with E-state index in [4.69, 9.17) is 5.73 Å². The van der Waals surface area contributed by atoms with Gasteiger partial charge in [0, 0.05) is 19.6 Å². The summed E-state index contributed by atoms with van der Waals surface area (Å²) < 4.78 is 0. The van der Waals surface area contributed by atoms with Gasteiger partial charge in [0.15, 0.2) is 0 Å². The summed E-state index contributed by atoms with van der Waals surface area (Å²) in [7, 11) is 0. The Labute approximate surface area is 121 Å². The maximum Gasteiger partial charge on any atom is 0.242 e. The zero-order chi connectivity index (χ0) is 14.4. The fraction of sp³-hybridized carbons (Fsp3) is 0.562. The molecule has 1 heterocycles. The van der Waals surface area contributed by atoms with Crippen molar-refractivity contribution in [3.63, 3.8) is 0 Å². The molecule has 1 aromatic rings. The molecule has 0 aliphatic carbocycles. The van der Waals surface area contributed by atoms with E-state index in [1.807, 2.05) is 30.3 Å². The number of hydrogen-bond acceptors (Lipinski definition) is 3. The van der Waals surface area contributed by atoms with Crippen molar-refractivity contribution in [3.05, 3.63) is 35.9 Å². The lowest BCUT2D eigenvalue weighted by atomic mass is 9.82. The van der Waals surface area contributed by atoms with Gasteiger partial charge in [-0.15, -0.1) is 0 Å². The van der Waals surface area contributed by atoms with Gasteiger partial charge in [-0.1, -0.05) is 43.7 Å². The number of carbonyl (C=O) groups is 1. The fourth-order valence-electron chi connectivity index (χ4n) is 3.21. The number of carbonyl (C=O) groups excluding carboxylic acids is 1. The summed E-state index contributed by atoms with van der Waals surface area (Å²) in [5.74, 6) is -0.229. The predicted molar refractivity (Wildman–Crippen MR) is 81.3 cm³/mol. The van der Waals surface area contributed by atoms with Crippen molar-refractivity contribution < 1.29 is 4.79 Å². The number of nitrogens with two attached hydrogens (primary N) is 1. The van der Waals surface area contributed by atoms with Crippen molar-refractivity contribution in [1.82, 2.24) is 10.2 Å². The van der Waals surface area contributed by atoms with Crippen LogP contribution < -0.4 is 11.1 Å². The van der Waals surface area contributed by atoms with Crippen LogP contribution in [0.2, 0.25) is 0 Å². The molecule has 0 aromatic heterocycles. The highest BCUT2D eigenvalue weighted by atomic mass is 16.1. The van der Waals surface area contributed by atoms with Crippen LogP contribution in [-0.4, -0.2) is 37.0 Å².